The van der Waals surface area contributed by atoms with Gasteiger partial charge in [0.2, 0.25) is 0 Å². The molecule has 0 bridgehead atoms. The predicted octanol–water partition coefficient (Wildman–Crippen LogP) is 1.53. The lowest BCUT2D eigenvalue weighted by Crippen LogP contribution is -2.17. The largest absolute Gasteiger partial charge is 0.348 e. The van der Waals surface area contributed by atoms with E-state index in [1.165, 1.54) is 6.26 Å². The summed E-state index contributed by atoms with van der Waals surface area (Å²) in [6, 6.07) is 6.61. The second kappa shape index (κ2) is 4.53. The Morgan fingerprint density at radius 1 is 1.12 bits per heavy atom. The van der Waals surface area contributed by atoms with Crippen molar-refractivity contribution in [3.63, 3.8) is 0 Å². The molecule has 0 amide bonds. The number of rotatable bonds is 2. The molecule has 0 atom stereocenters. The van der Waals surface area contributed by atoms with Gasteiger partial charge >= 0.3 is 0 Å². The van der Waals surface area contributed by atoms with Crippen molar-refractivity contribution in [3.05, 3.63) is 29.8 Å². The van der Waals surface area contributed by atoms with Gasteiger partial charge in [0.1, 0.15) is 0 Å². The van der Waals surface area contributed by atoms with E-state index in [2.05, 4.69) is 0 Å². The van der Waals surface area contributed by atoms with Gasteiger partial charge in [-0.25, -0.2) is 8.42 Å². The van der Waals surface area contributed by atoms with Gasteiger partial charge in [0.05, 0.1) is 18.1 Å². The molecule has 1 aromatic rings. The van der Waals surface area contributed by atoms with Crippen molar-refractivity contribution >= 4 is 9.84 Å². The van der Waals surface area contributed by atoms with Gasteiger partial charge in [-0.05, 0) is 18.6 Å². The van der Waals surface area contributed by atoms with E-state index in [4.69, 9.17) is 9.47 Å². The molecule has 0 radical (unpaired) electrons. The lowest BCUT2D eigenvalue weighted by Gasteiger charge is -2.23. The Labute approximate surface area is 95.1 Å². The number of hydrogen-bond donors (Lipinski definition) is 0. The molecule has 1 fully saturated rings. The molecule has 0 N–H and O–H groups in total. The van der Waals surface area contributed by atoms with Crippen molar-refractivity contribution < 1.29 is 17.9 Å². The van der Waals surface area contributed by atoms with Crippen molar-refractivity contribution in [2.75, 3.05) is 19.5 Å². The maximum absolute atomic E-state index is 11.3. The third-order valence-electron chi connectivity index (χ3n) is 2.41. The van der Waals surface area contributed by atoms with E-state index in [-0.39, 0.29) is 6.29 Å². The third kappa shape index (κ3) is 2.61. The lowest BCUT2D eigenvalue weighted by molar-refractivity contribution is -0.183. The number of ether oxygens (including phenoxy) is 2. The zero-order chi connectivity index (χ0) is 11.6. The molecule has 0 unspecified atom stereocenters. The molecule has 4 nitrogen and oxygen atoms in total. The van der Waals surface area contributed by atoms with Gasteiger partial charge in [-0.2, -0.15) is 0 Å². The summed E-state index contributed by atoms with van der Waals surface area (Å²) < 4.78 is 33.4. The molecule has 2 rings (SSSR count). The van der Waals surface area contributed by atoms with Gasteiger partial charge in [-0.1, -0.05) is 12.1 Å². The van der Waals surface area contributed by atoms with Crippen LogP contribution in [0.5, 0.6) is 0 Å². The van der Waals surface area contributed by atoms with Crippen LogP contribution >= 0.6 is 0 Å². The topological polar surface area (TPSA) is 52.6 Å². The normalized spacial score (nSPS) is 18.6. The number of hydrogen-bond acceptors (Lipinski definition) is 4. The molecule has 1 heterocycles. The summed E-state index contributed by atoms with van der Waals surface area (Å²) in [5.74, 6) is 0. The maximum atomic E-state index is 11.3. The Bertz CT molecular complexity index is 443. The van der Waals surface area contributed by atoms with Crippen LogP contribution in [0.15, 0.2) is 29.2 Å². The van der Waals surface area contributed by atoms with E-state index in [1.54, 1.807) is 24.3 Å². The summed E-state index contributed by atoms with van der Waals surface area (Å²) >= 11 is 0. The summed E-state index contributed by atoms with van der Waals surface area (Å²) in [6.07, 6.45) is 1.73. The van der Waals surface area contributed by atoms with Crippen LogP contribution in [-0.2, 0) is 19.3 Å². The fraction of sp³-hybridized carbons (Fsp3) is 0.455. The SMILES string of the molecule is CS(=O)(=O)c1ccc(C2OCCCO2)cc1. The van der Waals surface area contributed by atoms with Gasteiger partial charge in [-0.15, -0.1) is 0 Å². The van der Waals surface area contributed by atoms with Gasteiger partial charge in [-0.3, -0.25) is 0 Å². The van der Waals surface area contributed by atoms with Gasteiger partial charge < -0.3 is 9.47 Å². The zero-order valence-corrected chi connectivity index (χ0v) is 9.87. The highest BCUT2D eigenvalue weighted by Crippen LogP contribution is 2.23. The van der Waals surface area contributed by atoms with Crippen LogP contribution in [0.1, 0.15) is 18.3 Å². The molecule has 16 heavy (non-hydrogen) atoms. The van der Waals surface area contributed by atoms with Crippen LogP contribution in [0.4, 0.5) is 0 Å². The Morgan fingerprint density at radius 3 is 2.19 bits per heavy atom. The molecule has 1 saturated heterocycles. The molecule has 0 saturated carbocycles. The second-order valence-electron chi connectivity index (χ2n) is 3.77. The fourth-order valence-corrected chi connectivity index (χ4v) is 2.18. The van der Waals surface area contributed by atoms with Crippen LogP contribution in [0.2, 0.25) is 0 Å². The summed E-state index contributed by atoms with van der Waals surface area (Å²) in [6.45, 7) is 1.36. The van der Waals surface area contributed by atoms with E-state index in [1.807, 2.05) is 0 Å². The molecule has 0 spiro atoms. The minimum atomic E-state index is -3.13. The standard InChI is InChI=1S/C11H14O4S/c1-16(12,13)10-5-3-9(4-6-10)11-14-7-2-8-15-11/h3-6,11H,2,7-8H2,1H3. The molecule has 1 aliphatic heterocycles. The van der Waals surface area contributed by atoms with E-state index < -0.39 is 9.84 Å². The van der Waals surface area contributed by atoms with Gasteiger partial charge in [0.25, 0.3) is 0 Å². The third-order valence-corrected chi connectivity index (χ3v) is 3.54. The Morgan fingerprint density at radius 2 is 1.69 bits per heavy atom. The Balaban J connectivity index is 2.18. The van der Waals surface area contributed by atoms with Crippen molar-refractivity contribution in [2.24, 2.45) is 0 Å². The van der Waals surface area contributed by atoms with E-state index in [0.29, 0.717) is 18.1 Å². The molecular weight excluding hydrogens is 228 g/mol. The molecule has 5 heteroatoms. The first-order chi connectivity index (χ1) is 7.57. The molecule has 1 aliphatic rings. The molecule has 0 aliphatic carbocycles. The van der Waals surface area contributed by atoms with Crippen LogP contribution in [-0.4, -0.2) is 27.9 Å². The highest BCUT2D eigenvalue weighted by atomic mass is 32.2. The van der Waals surface area contributed by atoms with Crippen LogP contribution in [0.25, 0.3) is 0 Å². The van der Waals surface area contributed by atoms with Gasteiger partial charge in [0.15, 0.2) is 16.1 Å². The van der Waals surface area contributed by atoms with Crippen molar-refractivity contribution in [2.45, 2.75) is 17.6 Å². The minimum absolute atomic E-state index is 0.312. The summed E-state index contributed by atoms with van der Waals surface area (Å²) in [5, 5.41) is 0. The van der Waals surface area contributed by atoms with E-state index in [9.17, 15) is 8.42 Å². The minimum Gasteiger partial charge on any atom is -0.348 e. The highest BCUT2D eigenvalue weighted by Gasteiger charge is 2.17. The first-order valence-corrected chi connectivity index (χ1v) is 7.00. The van der Waals surface area contributed by atoms with Crippen LogP contribution in [0, 0.1) is 0 Å². The van der Waals surface area contributed by atoms with Crippen molar-refractivity contribution in [1.82, 2.24) is 0 Å². The Hall–Kier alpha value is -0.910. The lowest BCUT2D eigenvalue weighted by atomic mass is 10.2. The summed E-state index contributed by atoms with van der Waals surface area (Å²) in [7, 11) is -3.13. The zero-order valence-electron chi connectivity index (χ0n) is 9.05. The van der Waals surface area contributed by atoms with Crippen LogP contribution in [0.3, 0.4) is 0 Å². The molecule has 1 aromatic carbocycles. The second-order valence-corrected chi connectivity index (χ2v) is 5.78. The smallest absolute Gasteiger partial charge is 0.183 e. The monoisotopic (exact) mass is 242 g/mol. The number of benzene rings is 1. The number of sulfone groups is 1. The highest BCUT2D eigenvalue weighted by molar-refractivity contribution is 7.90. The average molecular weight is 242 g/mol. The summed E-state index contributed by atoms with van der Waals surface area (Å²) in [4.78, 5) is 0.312. The molecule has 0 aromatic heterocycles. The first kappa shape index (κ1) is 11.6. The predicted molar refractivity (Wildman–Crippen MR) is 58.8 cm³/mol. The van der Waals surface area contributed by atoms with Crippen molar-refractivity contribution in [1.29, 1.82) is 0 Å². The quantitative estimate of drug-likeness (QED) is 0.789. The van der Waals surface area contributed by atoms with E-state index in [0.717, 1.165) is 12.0 Å². The Kier molecular flexibility index (Phi) is 3.28. The first-order valence-electron chi connectivity index (χ1n) is 5.10. The maximum Gasteiger partial charge on any atom is 0.183 e. The average Bonchev–Trinajstić information content (AvgIpc) is 2.29. The fourth-order valence-electron chi connectivity index (χ4n) is 1.55. The molecule has 88 valence electrons. The van der Waals surface area contributed by atoms with Crippen molar-refractivity contribution in [3.8, 4) is 0 Å². The van der Waals surface area contributed by atoms with Gasteiger partial charge in [0, 0.05) is 11.8 Å². The molecular formula is C11H14O4S. The summed E-state index contributed by atoms with van der Waals surface area (Å²) in [5.41, 5.74) is 0.854. The van der Waals surface area contributed by atoms with E-state index >= 15 is 0 Å². The van der Waals surface area contributed by atoms with Crippen LogP contribution < -0.4 is 0 Å².